The van der Waals surface area contributed by atoms with Crippen molar-refractivity contribution in [2.24, 2.45) is 0 Å². The summed E-state index contributed by atoms with van der Waals surface area (Å²) in [6.45, 7) is 9.06. The molecule has 0 spiro atoms. The molecular formula is C19H32N2O3. The normalized spacial score (nSPS) is 21.9. The molecule has 0 amide bonds. The minimum absolute atomic E-state index is 0.0439. The quantitative estimate of drug-likeness (QED) is 0.677. The van der Waals surface area contributed by atoms with Gasteiger partial charge in [0.1, 0.15) is 18.6 Å². The van der Waals surface area contributed by atoms with Crippen molar-refractivity contribution >= 4 is 5.69 Å². The van der Waals surface area contributed by atoms with Crippen LogP contribution in [0, 0.1) is 0 Å². The lowest BCUT2D eigenvalue weighted by Gasteiger charge is -2.35. The number of nitrogens with one attached hydrogen (secondary N) is 1. The van der Waals surface area contributed by atoms with E-state index in [1.165, 1.54) is 19.3 Å². The molecule has 1 aliphatic rings. The highest BCUT2D eigenvalue weighted by Gasteiger charge is 2.40. The van der Waals surface area contributed by atoms with Gasteiger partial charge < -0.3 is 14.8 Å². The second-order valence-corrected chi connectivity index (χ2v) is 6.95. The monoisotopic (exact) mass is 336 g/mol. The molecule has 1 aromatic rings. The number of ether oxygens (including phenoxy) is 2. The van der Waals surface area contributed by atoms with Gasteiger partial charge in [-0.05, 0) is 51.5 Å². The van der Waals surface area contributed by atoms with Crippen molar-refractivity contribution in [2.45, 2.75) is 71.4 Å². The molecule has 0 saturated carbocycles. The summed E-state index contributed by atoms with van der Waals surface area (Å²) in [6.07, 6.45) is 4.34. The summed E-state index contributed by atoms with van der Waals surface area (Å²) in [5.41, 5.74) is 1.02. The average molecular weight is 336 g/mol. The third-order valence-electron chi connectivity index (χ3n) is 4.43. The number of hydrogen-bond donors (Lipinski definition) is 1. The Morgan fingerprint density at radius 1 is 1.21 bits per heavy atom. The Bertz CT molecular complexity index is 490. The van der Waals surface area contributed by atoms with Gasteiger partial charge in [-0.1, -0.05) is 26.2 Å². The first-order valence-electron chi connectivity index (χ1n) is 8.98. The van der Waals surface area contributed by atoms with Crippen LogP contribution in [-0.2, 0) is 9.57 Å². The van der Waals surface area contributed by atoms with Crippen LogP contribution in [0.1, 0.15) is 53.4 Å². The number of hydroxylamine groups is 2. The van der Waals surface area contributed by atoms with Crippen molar-refractivity contribution in [3.05, 3.63) is 24.3 Å². The SMILES string of the molecule is CCCCCC(C)(C)N1OC(COc2ccc(NC)cc2)O[C@@H]1C. The fourth-order valence-corrected chi connectivity index (χ4v) is 3.02. The molecule has 0 bridgehead atoms. The van der Waals surface area contributed by atoms with Crippen LogP contribution < -0.4 is 10.1 Å². The summed E-state index contributed by atoms with van der Waals surface area (Å²) < 4.78 is 11.7. The van der Waals surface area contributed by atoms with Crippen LogP contribution in [0.5, 0.6) is 5.75 Å². The van der Waals surface area contributed by atoms with Gasteiger partial charge in [-0.25, -0.2) is 0 Å². The summed E-state index contributed by atoms with van der Waals surface area (Å²) in [7, 11) is 1.90. The van der Waals surface area contributed by atoms with Gasteiger partial charge in [-0.3, -0.25) is 4.84 Å². The van der Waals surface area contributed by atoms with E-state index >= 15 is 0 Å². The van der Waals surface area contributed by atoms with Crippen LogP contribution in [0.3, 0.4) is 0 Å². The fourth-order valence-electron chi connectivity index (χ4n) is 3.02. The molecule has 136 valence electrons. The minimum atomic E-state index is -0.366. The third-order valence-corrected chi connectivity index (χ3v) is 4.43. The Morgan fingerprint density at radius 3 is 2.54 bits per heavy atom. The number of rotatable bonds is 9. The molecule has 1 aliphatic heterocycles. The summed E-state index contributed by atoms with van der Waals surface area (Å²) in [6, 6.07) is 7.85. The third kappa shape index (κ3) is 5.10. The van der Waals surface area contributed by atoms with Gasteiger partial charge in [0.15, 0.2) is 0 Å². The summed E-state index contributed by atoms with van der Waals surface area (Å²) in [5, 5.41) is 5.08. The molecule has 0 radical (unpaired) electrons. The van der Waals surface area contributed by atoms with Crippen molar-refractivity contribution in [3.63, 3.8) is 0 Å². The van der Waals surface area contributed by atoms with Crippen LogP contribution >= 0.6 is 0 Å². The minimum Gasteiger partial charge on any atom is -0.488 e. The second kappa shape index (κ2) is 8.70. The molecule has 2 rings (SSSR count). The highest BCUT2D eigenvalue weighted by Crippen LogP contribution is 2.31. The molecule has 1 N–H and O–H groups in total. The predicted octanol–water partition coefficient (Wildman–Crippen LogP) is 4.40. The fraction of sp³-hybridized carbons (Fsp3) is 0.684. The molecule has 1 saturated heterocycles. The lowest BCUT2D eigenvalue weighted by atomic mass is 9.96. The zero-order valence-electron chi connectivity index (χ0n) is 15.7. The van der Waals surface area contributed by atoms with E-state index in [1.807, 2.05) is 43.3 Å². The number of nitrogens with zero attached hydrogens (tertiary/aromatic N) is 1. The molecule has 0 aromatic heterocycles. The summed E-state index contributed by atoms with van der Waals surface area (Å²) >= 11 is 0. The highest BCUT2D eigenvalue weighted by atomic mass is 16.9. The lowest BCUT2D eigenvalue weighted by molar-refractivity contribution is -0.223. The highest BCUT2D eigenvalue weighted by molar-refractivity contribution is 5.45. The first-order chi connectivity index (χ1) is 11.5. The van der Waals surface area contributed by atoms with Gasteiger partial charge in [0.05, 0.1) is 0 Å². The Labute approximate surface area is 146 Å². The Hall–Kier alpha value is -1.30. The molecule has 5 heteroatoms. The Morgan fingerprint density at radius 2 is 1.92 bits per heavy atom. The van der Waals surface area contributed by atoms with Crippen LogP contribution in [0.4, 0.5) is 5.69 Å². The zero-order valence-corrected chi connectivity index (χ0v) is 15.7. The average Bonchev–Trinajstić information content (AvgIpc) is 2.95. The smallest absolute Gasteiger partial charge is 0.213 e. The maximum atomic E-state index is 6.01. The summed E-state index contributed by atoms with van der Waals surface area (Å²) in [5.74, 6) is 0.814. The lowest BCUT2D eigenvalue weighted by Crippen LogP contribution is -2.45. The van der Waals surface area contributed by atoms with Crippen molar-refractivity contribution in [2.75, 3.05) is 19.0 Å². The van der Waals surface area contributed by atoms with Gasteiger partial charge in [0, 0.05) is 18.3 Å². The molecule has 24 heavy (non-hydrogen) atoms. The molecule has 1 fully saturated rings. The largest absolute Gasteiger partial charge is 0.488 e. The summed E-state index contributed by atoms with van der Waals surface area (Å²) in [4.78, 5) is 6.01. The molecule has 2 atom stereocenters. The van der Waals surface area contributed by atoms with E-state index < -0.39 is 0 Å². The van der Waals surface area contributed by atoms with Gasteiger partial charge >= 0.3 is 0 Å². The molecule has 1 aromatic carbocycles. The van der Waals surface area contributed by atoms with E-state index in [4.69, 9.17) is 14.3 Å². The van der Waals surface area contributed by atoms with E-state index in [2.05, 4.69) is 26.1 Å². The Kier molecular flexibility index (Phi) is 6.90. The van der Waals surface area contributed by atoms with E-state index in [0.29, 0.717) is 6.61 Å². The van der Waals surface area contributed by atoms with Crippen LogP contribution in [0.2, 0.25) is 0 Å². The maximum Gasteiger partial charge on any atom is 0.213 e. The predicted molar refractivity (Wildman–Crippen MR) is 97.0 cm³/mol. The van der Waals surface area contributed by atoms with Gasteiger partial charge in [-0.15, -0.1) is 0 Å². The maximum absolute atomic E-state index is 6.01. The standard InChI is InChI=1S/C19H32N2O3/c1-6-7-8-13-19(3,4)21-15(2)23-18(24-21)14-22-17-11-9-16(20-5)10-12-17/h9-12,15,18,20H,6-8,13-14H2,1-5H3/t15-,18?/m1/s1. The van der Waals surface area contributed by atoms with E-state index in [1.54, 1.807) is 0 Å². The number of anilines is 1. The van der Waals surface area contributed by atoms with E-state index in [9.17, 15) is 0 Å². The van der Waals surface area contributed by atoms with E-state index in [0.717, 1.165) is 17.9 Å². The topological polar surface area (TPSA) is 43.0 Å². The van der Waals surface area contributed by atoms with Gasteiger partial charge in [0.2, 0.25) is 6.29 Å². The molecule has 5 nitrogen and oxygen atoms in total. The van der Waals surface area contributed by atoms with Crippen molar-refractivity contribution in [3.8, 4) is 5.75 Å². The first-order valence-corrected chi connectivity index (χ1v) is 8.98. The molecular weight excluding hydrogens is 304 g/mol. The molecule has 1 heterocycles. The van der Waals surface area contributed by atoms with Crippen LogP contribution in [-0.4, -0.2) is 36.8 Å². The second-order valence-electron chi connectivity index (χ2n) is 6.95. The van der Waals surface area contributed by atoms with Crippen molar-refractivity contribution in [1.29, 1.82) is 0 Å². The number of unbranched alkanes of at least 4 members (excludes halogenated alkanes) is 2. The molecule has 0 aliphatic carbocycles. The molecule has 1 unspecified atom stereocenters. The zero-order chi connectivity index (χ0) is 17.6. The van der Waals surface area contributed by atoms with Crippen molar-refractivity contribution in [1.82, 2.24) is 5.06 Å². The van der Waals surface area contributed by atoms with Crippen molar-refractivity contribution < 1.29 is 14.3 Å². The van der Waals surface area contributed by atoms with Crippen LogP contribution in [0.15, 0.2) is 24.3 Å². The number of hydrogen-bond acceptors (Lipinski definition) is 5. The Balaban J connectivity index is 1.83. The number of benzene rings is 1. The first kappa shape index (κ1) is 19.0. The van der Waals surface area contributed by atoms with Gasteiger partial charge in [-0.2, -0.15) is 5.06 Å². The van der Waals surface area contributed by atoms with Gasteiger partial charge in [0.25, 0.3) is 0 Å². The van der Waals surface area contributed by atoms with E-state index in [-0.39, 0.29) is 18.1 Å². The van der Waals surface area contributed by atoms with Crippen LogP contribution in [0.25, 0.3) is 0 Å².